The molecule has 0 aromatic heterocycles. The first-order valence-corrected chi connectivity index (χ1v) is 8.86. The third-order valence-electron chi connectivity index (χ3n) is 4.79. The fourth-order valence-electron chi connectivity index (χ4n) is 3.25. The van der Waals surface area contributed by atoms with Crippen LogP contribution in [-0.4, -0.2) is 19.8 Å². The summed E-state index contributed by atoms with van der Waals surface area (Å²) in [5.41, 5.74) is 2.56. The standard InChI is InChI=1S/C12H16N.C8H16O.Cr/c1-9-4-3-5-11(8-9)12-10(2)6-7-13-12;1-7-3-4-8(2)6-9-5-7;/h3-5,10,12-13H,6-7H2,1-2H3;7-8H,3-6H2,1-2H3;/q-1;;/t10-,12+;;/m1../s1. The molecular formula is C20H32CrNO-. The van der Waals surface area contributed by atoms with Gasteiger partial charge in [-0.1, -0.05) is 27.7 Å². The van der Waals surface area contributed by atoms with Crippen LogP contribution in [0.25, 0.3) is 0 Å². The summed E-state index contributed by atoms with van der Waals surface area (Å²) in [4.78, 5) is 0. The average molecular weight is 354 g/mol. The molecule has 0 radical (unpaired) electrons. The molecule has 2 heterocycles. The zero-order chi connectivity index (χ0) is 15.9. The zero-order valence-electron chi connectivity index (χ0n) is 15.1. The van der Waals surface area contributed by atoms with Gasteiger partial charge in [0.2, 0.25) is 0 Å². The van der Waals surface area contributed by atoms with Gasteiger partial charge in [0, 0.05) is 36.6 Å². The molecule has 2 aliphatic rings. The molecule has 1 aromatic carbocycles. The summed E-state index contributed by atoms with van der Waals surface area (Å²) in [7, 11) is 0. The summed E-state index contributed by atoms with van der Waals surface area (Å²) in [5.74, 6) is 2.32. The fraction of sp³-hybridized carbons (Fsp3) is 0.700. The van der Waals surface area contributed by atoms with E-state index in [2.05, 4.69) is 57.3 Å². The summed E-state index contributed by atoms with van der Waals surface area (Å²) < 4.78 is 5.42. The Morgan fingerprint density at radius 1 is 1.04 bits per heavy atom. The number of benzene rings is 1. The average Bonchev–Trinajstić information content (AvgIpc) is 2.83. The van der Waals surface area contributed by atoms with Crippen molar-refractivity contribution in [3.63, 3.8) is 0 Å². The van der Waals surface area contributed by atoms with Crippen LogP contribution in [0, 0.1) is 30.7 Å². The van der Waals surface area contributed by atoms with Crippen LogP contribution in [0.3, 0.4) is 0 Å². The molecule has 3 rings (SSSR count). The minimum absolute atomic E-state index is 0. The van der Waals surface area contributed by atoms with E-state index in [-0.39, 0.29) is 17.4 Å². The van der Waals surface area contributed by atoms with E-state index in [4.69, 9.17) is 4.74 Å². The van der Waals surface area contributed by atoms with Crippen LogP contribution in [-0.2, 0) is 22.1 Å². The van der Waals surface area contributed by atoms with Gasteiger partial charge in [0.1, 0.15) is 0 Å². The minimum Gasteiger partial charge on any atom is -0.381 e. The van der Waals surface area contributed by atoms with E-state index < -0.39 is 0 Å². The number of aryl methyl sites for hydroxylation is 1. The van der Waals surface area contributed by atoms with Gasteiger partial charge in [-0.2, -0.15) is 29.8 Å². The van der Waals surface area contributed by atoms with Crippen LogP contribution in [0.5, 0.6) is 0 Å². The molecule has 0 spiro atoms. The van der Waals surface area contributed by atoms with Gasteiger partial charge in [0.05, 0.1) is 0 Å². The van der Waals surface area contributed by atoms with Crippen molar-refractivity contribution in [1.29, 1.82) is 0 Å². The molecule has 2 aliphatic heterocycles. The van der Waals surface area contributed by atoms with Crippen LogP contribution in [0.2, 0.25) is 0 Å². The normalized spacial score (nSPS) is 30.6. The van der Waals surface area contributed by atoms with Gasteiger partial charge in [-0.15, -0.1) is 5.56 Å². The Bertz CT molecular complexity index is 441. The number of hydrogen-bond donors (Lipinski definition) is 1. The number of hydrogen-bond acceptors (Lipinski definition) is 2. The molecule has 1 aromatic rings. The molecule has 3 heteroatoms. The predicted molar refractivity (Wildman–Crippen MR) is 92.9 cm³/mol. The molecule has 4 atom stereocenters. The first-order valence-electron chi connectivity index (χ1n) is 8.86. The molecular weight excluding hydrogens is 322 g/mol. The van der Waals surface area contributed by atoms with Crippen LogP contribution in [0.1, 0.15) is 57.2 Å². The summed E-state index contributed by atoms with van der Waals surface area (Å²) >= 11 is 0. The maximum Gasteiger partial charge on any atom is 0.0491 e. The molecule has 2 nitrogen and oxygen atoms in total. The van der Waals surface area contributed by atoms with Crippen LogP contribution in [0.4, 0.5) is 0 Å². The topological polar surface area (TPSA) is 21.3 Å². The van der Waals surface area contributed by atoms with Gasteiger partial charge < -0.3 is 10.1 Å². The summed E-state index contributed by atoms with van der Waals surface area (Å²) in [6, 6.07) is 10.3. The van der Waals surface area contributed by atoms with E-state index in [1.54, 1.807) is 0 Å². The first kappa shape index (κ1) is 20.7. The molecule has 0 saturated carbocycles. The quantitative estimate of drug-likeness (QED) is 0.748. The summed E-state index contributed by atoms with van der Waals surface area (Å²) in [6.07, 6.45) is 3.98. The third-order valence-corrected chi connectivity index (χ3v) is 4.79. The van der Waals surface area contributed by atoms with Crippen molar-refractivity contribution in [2.75, 3.05) is 19.8 Å². The Kier molecular flexibility index (Phi) is 9.47. The Balaban J connectivity index is 0.000000235. The second-order valence-electron chi connectivity index (χ2n) is 7.31. The van der Waals surface area contributed by atoms with Gasteiger partial charge in [-0.3, -0.25) is 0 Å². The van der Waals surface area contributed by atoms with Crippen LogP contribution in [0.15, 0.2) is 18.2 Å². The third kappa shape index (κ3) is 6.98. The second kappa shape index (κ2) is 10.5. The first-order chi connectivity index (χ1) is 10.6. The number of nitrogens with one attached hydrogen (secondary N) is 1. The summed E-state index contributed by atoms with van der Waals surface area (Å²) in [6.45, 7) is 12.0. The predicted octanol–water partition coefficient (Wildman–Crippen LogP) is 4.53. The molecule has 23 heavy (non-hydrogen) atoms. The monoisotopic (exact) mass is 354 g/mol. The van der Waals surface area contributed by atoms with Gasteiger partial charge in [0.15, 0.2) is 0 Å². The van der Waals surface area contributed by atoms with Crippen molar-refractivity contribution < 1.29 is 22.1 Å². The van der Waals surface area contributed by atoms with Gasteiger partial charge in [-0.05, 0) is 43.6 Å². The maximum absolute atomic E-state index is 5.42. The van der Waals surface area contributed by atoms with Crippen molar-refractivity contribution in [2.45, 2.75) is 53.0 Å². The Morgan fingerprint density at radius 2 is 1.70 bits per heavy atom. The SMILES string of the molecule is CC1CCC(C)COC1.Cc1[c-]c([C@H]2NCC[C@H]2C)ccc1.[Cr]. The van der Waals surface area contributed by atoms with E-state index in [0.29, 0.717) is 6.04 Å². The smallest absolute Gasteiger partial charge is 0.0491 e. The Hall–Kier alpha value is -0.328. The van der Waals surface area contributed by atoms with Crippen molar-refractivity contribution >= 4 is 0 Å². The van der Waals surface area contributed by atoms with Crippen molar-refractivity contribution in [3.8, 4) is 0 Å². The largest absolute Gasteiger partial charge is 0.381 e. The van der Waals surface area contributed by atoms with Gasteiger partial charge in [-0.25, -0.2) is 0 Å². The van der Waals surface area contributed by atoms with Gasteiger partial charge >= 0.3 is 0 Å². The van der Waals surface area contributed by atoms with Crippen molar-refractivity contribution in [3.05, 3.63) is 35.4 Å². The minimum atomic E-state index is 0. The van der Waals surface area contributed by atoms with Crippen LogP contribution >= 0.6 is 0 Å². The fourth-order valence-corrected chi connectivity index (χ4v) is 3.25. The molecule has 0 amide bonds. The molecule has 0 bridgehead atoms. The number of rotatable bonds is 1. The Labute approximate surface area is 153 Å². The van der Waals surface area contributed by atoms with E-state index in [1.807, 2.05) is 0 Å². The maximum atomic E-state index is 5.42. The molecule has 2 saturated heterocycles. The molecule has 0 aliphatic carbocycles. The van der Waals surface area contributed by atoms with E-state index in [9.17, 15) is 0 Å². The van der Waals surface area contributed by atoms with E-state index >= 15 is 0 Å². The molecule has 130 valence electrons. The summed E-state index contributed by atoms with van der Waals surface area (Å²) in [5, 5.41) is 3.52. The second-order valence-corrected chi connectivity index (χ2v) is 7.31. The number of ether oxygens (including phenoxy) is 1. The van der Waals surface area contributed by atoms with Crippen molar-refractivity contribution in [2.24, 2.45) is 17.8 Å². The van der Waals surface area contributed by atoms with E-state index in [1.165, 1.54) is 30.4 Å². The van der Waals surface area contributed by atoms with E-state index in [0.717, 1.165) is 37.5 Å². The van der Waals surface area contributed by atoms with Crippen LogP contribution < -0.4 is 5.32 Å². The molecule has 1 N–H and O–H groups in total. The zero-order valence-corrected chi connectivity index (χ0v) is 16.4. The van der Waals surface area contributed by atoms with Gasteiger partial charge in [0.25, 0.3) is 0 Å². The Morgan fingerprint density at radius 3 is 2.22 bits per heavy atom. The van der Waals surface area contributed by atoms with Crippen molar-refractivity contribution in [1.82, 2.24) is 5.32 Å². The molecule has 2 fully saturated rings. The molecule has 2 unspecified atom stereocenters.